The Kier molecular flexibility index (Phi) is 5.65. The first kappa shape index (κ1) is 16.3. The number of nitrogens with zero attached hydrogens (tertiary/aromatic N) is 1. The highest BCUT2D eigenvalue weighted by molar-refractivity contribution is 9.10. The lowest BCUT2D eigenvalue weighted by Crippen LogP contribution is -2.55. The van der Waals surface area contributed by atoms with Crippen molar-refractivity contribution >= 4 is 27.5 Å². The van der Waals surface area contributed by atoms with Crippen molar-refractivity contribution in [3.63, 3.8) is 0 Å². The maximum Gasteiger partial charge on any atom is 0.242 e. The minimum Gasteiger partial charge on any atom is -0.357 e. The molecule has 1 atom stereocenters. The Balaban J connectivity index is 2.30. The van der Waals surface area contributed by atoms with Crippen LogP contribution in [0.1, 0.15) is 32.8 Å². The number of hydrogen-bond donors (Lipinski definition) is 2. The smallest absolute Gasteiger partial charge is 0.242 e. The van der Waals surface area contributed by atoms with Gasteiger partial charge in [0.1, 0.15) is 6.04 Å². The molecule has 1 unspecified atom stereocenters. The van der Waals surface area contributed by atoms with E-state index in [4.69, 9.17) is 0 Å². The molecule has 1 aliphatic rings. The van der Waals surface area contributed by atoms with Crippen LogP contribution < -0.4 is 15.5 Å². The van der Waals surface area contributed by atoms with Crippen LogP contribution in [0.3, 0.4) is 0 Å². The van der Waals surface area contributed by atoms with Crippen LogP contribution in [0, 0.1) is 0 Å². The van der Waals surface area contributed by atoms with Gasteiger partial charge in [0.05, 0.1) is 0 Å². The number of anilines is 1. The standard InChI is InChI=1S/C16H24BrN3O/c1-4-14-16(21)18-7-8-20(14)15-6-5-13(17)9-12(15)10-19-11(2)3/h5-6,9,11,14,19H,4,7-8,10H2,1-3H3,(H,18,21). The van der Waals surface area contributed by atoms with E-state index < -0.39 is 0 Å². The Hall–Kier alpha value is -1.07. The maximum absolute atomic E-state index is 12.1. The second kappa shape index (κ2) is 7.27. The Morgan fingerprint density at radius 1 is 1.48 bits per heavy atom. The fourth-order valence-corrected chi connectivity index (χ4v) is 3.11. The summed E-state index contributed by atoms with van der Waals surface area (Å²) in [5, 5.41) is 6.42. The molecule has 1 aliphatic heterocycles. The van der Waals surface area contributed by atoms with Gasteiger partial charge in [0.15, 0.2) is 0 Å². The number of carbonyl (C=O) groups is 1. The van der Waals surface area contributed by atoms with Crippen molar-refractivity contribution in [3.05, 3.63) is 28.2 Å². The third-order valence-electron chi connectivity index (χ3n) is 3.77. The predicted octanol–water partition coefficient (Wildman–Crippen LogP) is 2.66. The van der Waals surface area contributed by atoms with Crippen LogP contribution in [0.15, 0.2) is 22.7 Å². The molecule has 21 heavy (non-hydrogen) atoms. The van der Waals surface area contributed by atoms with E-state index in [1.165, 1.54) is 5.56 Å². The SMILES string of the molecule is CCC1C(=O)NCCN1c1ccc(Br)cc1CNC(C)C. The second-order valence-corrected chi connectivity index (χ2v) is 6.63. The van der Waals surface area contributed by atoms with Crippen LogP contribution in [-0.4, -0.2) is 31.1 Å². The number of halogens is 1. The molecule has 0 radical (unpaired) electrons. The fourth-order valence-electron chi connectivity index (χ4n) is 2.70. The van der Waals surface area contributed by atoms with Gasteiger partial charge in [-0.05, 0) is 30.2 Å². The zero-order valence-corrected chi connectivity index (χ0v) is 14.5. The van der Waals surface area contributed by atoms with Gasteiger partial charge in [0, 0.05) is 35.8 Å². The quantitative estimate of drug-likeness (QED) is 0.855. The molecule has 0 aliphatic carbocycles. The van der Waals surface area contributed by atoms with Gasteiger partial charge < -0.3 is 15.5 Å². The molecule has 0 spiro atoms. The average molecular weight is 354 g/mol. The van der Waals surface area contributed by atoms with E-state index in [1.807, 2.05) is 6.07 Å². The minimum absolute atomic E-state index is 0.0716. The van der Waals surface area contributed by atoms with Crippen LogP contribution >= 0.6 is 15.9 Å². The van der Waals surface area contributed by atoms with Crippen LogP contribution in [0.25, 0.3) is 0 Å². The largest absolute Gasteiger partial charge is 0.357 e. The summed E-state index contributed by atoms with van der Waals surface area (Å²) >= 11 is 3.55. The predicted molar refractivity (Wildman–Crippen MR) is 90.6 cm³/mol. The summed E-state index contributed by atoms with van der Waals surface area (Å²) in [5.74, 6) is 0.134. The van der Waals surface area contributed by atoms with Gasteiger partial charge in [0.2, 0.25) is 5.91 Å². The number of hydrogen-bond acceptors (Lipinski definition) is 3. The molecule has 2 N–H and O–H groups in total. The molecule has 1 heterocycles. The van der Waals surface area contributed by atoms with Gasteiger partial charge in [-0.3, -0.25) is 4.79 Å². The highest BCUT2D eigenvalue weighted by Gasteiger charge is 2.29. The van der Waals surface area contributed by atoms with Crippen LogP contribution in [0.2, 0.25) is 0 Å². The first-order chi connectivity index (χ1) is 10.0. The van der Waals surface area contributed by atoms with Gasteiger partial charge >= 0.3 is 0 Å². The lowest BCUT2D eigenvalue weighted by Gasteiger charge is -2.37. The highest BCUT2D eigenvalue weighted by Crippen LogP contribution is 2.28. The molecule has 0 bridgehead atoms. The normalized spacial score (nSPS) is 19.0. The van der Waals surface area contributed by atoms with E-state index >= 15 is 0 Å². The lowest BCUT2D eigenvalue weighted by atomic mass is 10.1. The molecule has 4 nitrogen and oxygen atoms in total. The number of piperazine rings is 1. The number of carbonyl (C=O) groups excluding carboxylic acids is 1. The molecule has 1 saturated heterocycles. The Morgan fingerprint density at radius 3 is 2.90 bits per heavy atom. The maximum atomic E-state index is 12.1. The third kappa shape index (κ3) is 3.98. The van der Waals surface area contributed by atoms with Crippen LogP contribution in [0.4, 0.5) is 5.69 Å². The van der Waals surface area contributed by atoms with E-state index in [0.29, 0.717) is 12.6 Å². The van der Waals surface area contributed by atoms with Crippen molar-refractivity contribution in [1.82, 2.24) is 10.6 Å². The molecule has 1 aromatic carbocycles. The summed E-state index contributed by atoms with van der Waals surface area (Å²) in [7, 11) is 0. The van der Waals surface area contributed by atoms with Crippen LogP contribution in [0.5, 0.6) is 0 Å². The van der Waals surface area contributed by atoms with E-state index in [2.05, 4.69) is 64.4 Å². The first-order valence-corrected chi connectivity index (χ1v) is 8.38. The number of nitrogens with one attached hydrogen (secondary N) is 2. The molecule has 1 fully saturated rings. The summed E-state index contributed by atoms with van der Waals surface area (Å²) in [6, 6.07) is 6.67. The molecule has 2 rings (SSSR count). The van der Waals surface area contributed by atoms with Gasteiger partial charge in [0.25, 0.3) is 0 Å². The van der Waals surface area contributed by atoms with Crippen molar-refractivity contribution in [3.8, 4) is 0 Å². The lowest BCUT2D eigenvalue weighted by molar-refractivity contribution is -0.123. The molecule has 116 valence electrons. The number of amides is 1. The Bertz CT molecular complexity index is 504. The Labute approximate surface area is 135 Å². The summed E-state index contributed by atoms with van der Waals surface area (Å²) < 4.78 is 1.07. The van der Waals surface area contributed by atoms with E-state index in [9.17, 15) is 4.79 Å². The molecule has 0 saturated carbocycles. The van der Waals surface area contributed by atoms with Gasteiger partial charge in [-0.2, -0.15) is 0 Å². The second-order valence-electron chi connectivity index (χ2n) is 5.72. The highest BCUT2D eigenvalue weighted by atomic mass is 79.9. The van der Waals surface area contributed by atoms with Gasteiger partial charge in [-0.1, -0.05) is 36.7 Å². The van der Waals surface area contributed by atoms with Crippen molar-refractivity contribution in [2.45, 2.75) is 45.8 Å². The summed E-state index contributed by atoms with van der Waals surface area (Å²) in [6.45, 7) is 8.72. The van der Waals surface area contributed by atoms with E-state index in [-0.39, 0.29) is 11.9 Å². The zero-order chi connectivity index (χ0) is 15.4. The summed E-state index contributed by atoms with van der Waals surface area (Å²) in [4.78, 5) is 14.3. The van der Waals surface area contributed by atoms with Crippen LogP contribution in [-0.2, 0) is 11.3 Å². The van der Waals surface area contributed by atoms with Gasteiger partial charge in [-0.15, -0.1) is 0 Å². The summed E-state index contributed by atoms with van der Waals surface area (Å²) in [5.41, 5.74) is 2.39. The third-order valence-corrected chi connectivity index (χ3v) is 4.26. The number of rotatable bonds is 5. The van der Waals surface area contributed by atoms with Crippen molar-refractivity contribution in [1.29, 1.82) is 0 Å². The molecule has 1 aromatic rings. The molecule has 1 amide bonds. The fraction of sp³-hybridized carbons (Fsp3) is 0.562. The first-order valence-electron chi connectivity index (χ1n) is 7.59. The average Bonchev–Trinajstić information content (AvgIpc) is 2.45. The van der Waals surface area contributed by atoms with Gasteiger partial charge in [-0.25, -0.2) is 0 Å². The topological polar surface area (TPSA) is 44.4 Å². The molecular weight excluding hydrogens is 330 g/mol. The van der Waals surface area contributed by atoms with Crippen molar-refractivity contribution < 1.29 is 4.79 Å². The molecule has 0 aromatic heterocycles. The van der Waals surface area contributed by atoms with Crippen molar-refractivity contribution in [2.24, 2.45) is 0 Å². The Morgan fingerprint density at radius 2 is 2.24 bits per heavy atom. The van der Waals surface area contributed by atoms with E-state index in [1.54, 1.807) is 0 Å². The zero-order valence-electron chi connectivity index (χ0n) is 12.9. The minimum atomic E-state index is -0.0716. The summed E-state index contributed by atoms with van der Waals surface area (Å²) in [6.07, 6.45) is 0.818. The monoisotopic (exact) mass is 353 g/mol. The molecule has 5 heteroatoms. The van der Waals surface area contributed by atoms with E-state index in [0.717, 1.165) is 29.7 Å². The van der Waals surface area contributed by atoms with Crippen molar-refractivity contribution in [2.75, 3.05) is 18.0 Å². The molecular formula is C16H24BrN3O. The number of benzene rings is 1.